The molecule has 0 spiro atoms. The van der Waals surface area contributed by atoms with Crippen molar-refractivity contribution >= 4 is 69.1 Å². The number of nitrogens with zero attached hydrogens (tertiary/aromatic N) is 2. The molecular formula is C20H13Cl3N4O2S. The van der Waals surface area contributed by atoms with Gasteiger partial charge in [-0.2, -0.15) is 0 Å². The number of amides is 1. The maximum Gasteiger partial charge on any atom is 0.305 e. The van der Waals surface area contributed by atoms with Crippen molar-refractivity contribution in [2.24, 2.45) is 0 Å². The van der Waals surface area contributed by atoms with Crippen molar-refractivity contribution in [3.63, 3.8) is 0 Å². The van der Waals surface area contributed by atoms with E-state index in [0.717, 1.165) is 10.9 Å². The summed E-state index contributed by atoms with van der Waals surface area (Å²) in [5.74, 6) is 0.151. The third-order valence-corrected chi connectivity index (χ3v) is 5.82. The molecule has 2 aromatic carbocycles. The average Bonchev–Trinajstić information content (AvgIpc) is 3.11. The zero-order valence-corrected chi connectivity index (χ0v) is 18.2. The van der Waals surface area contributed by atoms with Crippen molar-refractivity contribution in [2.75, 3.05) is 5.43 Å². The highest BCUT2D eigenvalue weighted by atomic mass is 35.5. The zero-order valence-electron chi connectivity index (χ0n) is 15.2. The first-order chi connectivity index (χ1) is 14.5. The molecule has 0 saturated heterocycles. The smallest absolute Gasteiger partial charge is 0.305 e. The van der Waals surface area contributed by atoms with Crippen molar-refractivity contribution in [3.05, 3.63) is 81.2 Å². The van der Waals surface area contributed by atoms with E-state index >= 15 is 0 Å². The molecule has 0 radical (unpaired) electrons. The van der Waals surface area contributed by atoms with Gasteiger partial charge in [-0.15, -0.1) is 0 Å². The minimum Gasteiger partial charge on any atom is -0.451 e. The maximum atomic E-state index is 12.9. The summed E-state index contributed by atoms with van der Waals surface area (Å²) in [7, 11) is 0. The molecule has 30 heavy (non-hydrogen) atoms. The standard InChI is InChI=1S/C20H13Cl3N4O2S/c21-11-8-14(22)17(15(23)9-11)26-27-19(28)18-13(10-30-20-24-6-3-7-25-20)12-4-1-2-5-16(12)29-18/h1-9,26H,10H2,(H,27,28). The summed E-state index contributed by atoms with van der Waals surface area (Å²) in [4.78, 5) is 21.3. The summed E-state index contributed by atoms with van der Waals surface area (Å²) < 4.78 is 5.82. The van der Waals surface area contributed by atoms with Crippen LogP contribution < -0.4 is 10.9 Å². The lowest BCUT2D eigenvalue weighted by Crippen LogP contribution is -2.30. The number of aromatic nitrogens is 2. The van der Waals surface area contributed by atoms with Gasteiger partial charge in [-0.05, 0) is 24.3 Å². The number of hydrazine groups is 1. The molecule has 0 atom stereocenters. The number of furan rings is 1. The summed E-state index contributed by atoms with van der Waals surface area (Å²) in [5, 5.41) is 2.38. The summed E-state index contributed by atoms with van der Waals surface area (Å²) in [6.45, 7) is 0. The van der Waals surface area contributed by atoms with E-state index in [1.165, 1.54) is 23.9 Å². The second-order valence-electron chi connectivity index (χ2n) is 6.05. The normalized spacial score (nSPS) is 10.9. The van der Waals surface area contributed by atoms with E-state index in [2.05, 4.69) is 20.8 Å². The predicted molar refractivity (Wildman–Crippen MR) is 120 cm³/mol. The molecule has 0 saturated carbocycles. The van der Waals surface area contributed by atoms with E-state index in [1.54, 1.807) is 24.5 Å². The molecule has 0 aliphatic heterocycles. The lowest BCUT2D eigenvalue weighted by molar-refractivity contribution is 0.0936. The monoisotopic (exact) mass is 478 g/mol. The molecule has 152 valence electrons. The lowest BCUT2D eigenvalue weighted by atomic mass is 10.1. The topological polar surface area (TPSA) is 80.0 Å². The van der Waals surface area contributed by atoms with Gasteiger partial charge < -0.3 is 4.42 Å². The Morgan fingerprint density at radius 2 is 1.73 bits per heavy atom. The van der Waals surface area contributed by atoms with Crippen LogP contribution in [0.25, 0.3) is 11.0 Å². The molecule has 2 aromatic heterocycles. The van der Waals surface area contributed by atoms with E-state index in [0.29, 0.717) is 27.2 Å². The van der Waals surface area contributed by atoms with Gasteiger partial charge in [0.2, 0.25) is 0 Å². The van der Waals surface area contributed by atoms with E-state index in [4.69, 9.17) is 39.2 Å². The van der Waals surface area contributed by atoms with Crippen LogP contribution in [0.4, 0.5) is 5.69 Å². The van der Waals surface area contributed by atoms with Crippen LogP contribution in [0.1, 0.15) is 16.1 Å². The molecule has 4 rings (SSSR count). The molecular weight excluding hydrogens is 467 g/mol. The number of halogens is 3. The molecule has 0 aliphatic rings. The third-order valence-electron chi connectivity index (χ3n) is 4.10. The van der Waals surface area contributed by atoms with Crippen molar-refractivity contribution in [1.29, 1.82) is 0 Å². The van der Waals surface area contributed by atoms with Gasteiger partial charge in [-0.1, -0.05) is 64.8 Å². The molecule has 10 heteroatoms. The molecule has 1 amide bonds. The number of rotatable bonds is 6. The Morgan fingerprint density at radius 3 is 2.47 bits per heavy atom. The van der Waals surface area contributed by atoms with Crippen molar-refractivity contribution < 1.29 is 9.21 Å². The largest absolute Gasteiger partial charge is 0.451 e. The second kappa shape index (κ2) is 9.14. The number of benzene rings is 2. The van der Waals surface area contributed by atoms with Crippen LogP contribution in [-0.4, -0.2) is 15.9 Å². The van der Waals surface area contributed by atoms with E-state index < -0.39 is 5.91 Å². The van der Waals surface area contributed by atoms with E-state index in [9.17, 15) is 4.79 Å². The molecule has 2 heterocycles. The minimum atomic E-state index is -0.474. The molecule has 0 aliphatic carbocycles. The fraction of sp³-hybridized carbons (Fsp3) is 0.0500. The van der Waals surface area contributed by atoms with E-state index in [-0.39, 0.29) is 15.8 Å². The van der Waals surface area contributed by atoms with Crippen LogP contribution in [0.5, 0.6) is 0 Å². The first-order valence-corrected chi connectivity index (χ1v) is 10.8. The van der Waals surface area contributed by atoms with Crippen LogP contribution in [0.2, 0.25) is 15.1 Å². The Balaban J connectivity index is 1.59. The number of carbonyl (C=O) groups is 1. The molecule has 0 unspecified atom stereocenters. The maximum absolute atomic E-state index is 12.9. The highest BCUT2D eigenvalue weighted by Crippen LogP contribution is 2.34. The van der Waals surface area contributed by atoms with Gasteiger partial charge in [0.15, 0.2) is 10.9 Å². The summed E-state index contributed by atoms with van der Waals surface area (Å²) >= 11 is 19.6. The Labute approximate surface area is 190 Å². The Kier molecular flexibility index (Phi) is 6.34. The van der Waals surface area contributed by atoms with Gasteiger partial charge in [0.1, 0.15) is 5.58 Å². The van der Waals surface area contributed by atoms with Gasteiger partial charge in [-0.25, -0.2) is 9.97 Å². The minimum absolute atomic E-state index is 0.174. The number of thioether (sulfide) groups is 1. The highest BCUT2D eigenvalue weighted by Gasteiger charge is 2.21. The van der Waals surface area contributed by atoms with Gasteiger partial charge in [0.05, 0.1) is 15.7 Å². The number of hydrogen-bond acceptors (Lipinski definition) is 6. The van der Waals surface area contributed by atoms with Crippen molar-refractivity contribution in [3.8, 4) is 0 Å². The Hall–Kier alpha value is -2.45. The molecule has 0 fully saturated rings. The summed E-state index contributed by atoms with van der Waals surface area (Å²) in [6, 6.07) is 12.2. The first-order valence-electron chi connectivity index (χ1n) is 8.64. The average molecular weight is 480 g/mol. The Morgan fingerprint density at radius 1 is 1.03 bits per heavy atom. The second-order valence-corrected chi connectivity index (χ2v) is 8.24. The van der Waals surface area contributed by atoms with Gasteiger partial charge in [-0.3, -0.25) is 15.6 Å². The van der Waals surface area contributed by atoms with Gasteiger partial charge in [0, 0.05) is 34.1 Å². The quantitative estimate of drug-likeness (QED) is 0.194. The fourth-order valence-corrected chi connectivity index (χ4v) is 4.50. The van der Waals surface area contributed by atoms with Crippen molar-refractivity contribution in [1.82, 2.24) is 15.4 Å². The molecule has 6 nitrogen and oxygen atoms in total. The SMILES string of the molecule is O=C(NNc1c(Cl)cc(Cl)cc1Cl)c1oc2ccccc2c1CSc1ncccn1. The Bertz CT molecular complexity index is 1190. The number of anilines is 1. The van der Waals surface area contributed by atoms with Crippen LogP contribution in [-0.2, 0) is 5.75 Å². The van der Waals surface area contributed by atoms with E-state index in [1.807, 2.05) is 18.2 Å². The molecule has 0 bridgehead atoms. The number of carbonyl (C=O) groups excluding carboxylic acids is 1. The van der Waals surface area contributed by atoms with Crippen molar-refractivity contribution in [2.45, 2.75) is 10.9 Å². The van der Waals surface area contributed by atoms with Crippen LogP contribution in [0, 0.1) is 0 Å². The number of fused-ring (bicyclic) bond motifs is 1. The molecule has 4 aromatic rings. The fourth-order valence-electron chi connectivity index (χ4n) is 2.76. The summed E-state index contributed by atoms with van der Waals surface area (Å²) in [6.07, 6.45) is 3.33. The zero-order chi connectivity index (χ0) is 21.1. The summed E-state index contributed by atoms with van der Waals surface area (Å²) in [5.41, 5.74) is 6.99. The van der Waals surface area contributed by atoms with Gasteiger partial charge in [0.25, 0.3) is 0 Å². The molecule has 2 N–H and O–H groups in total. The highest BCUT2D eigenvalue weighted by molar-refractivity contribution is 7.98. The number of hydrogen-bond donors (Lipinski definition) is 2. The predicted octanol–water partition coefficient (Wildman–Crippen LogP) is 6.23. The number of nitrogens with one attached hydrogen (secondary N) is 2. The number of para-hydroxylation sites is 1. The lowest BCUT2D eigenvalue weighted by Gasteiger charge is -2.12. The third kappa shape index (κ3) is 4.49. The van der Waals surface area contributed by atoms with Gasteiger partial charge >= 0.3 is 5.91 Å². The van der Waals surface area contributed by atoms with Crippen LogP contribution in [0.3, 0.4) is 0 Å². The first kappa shape index (κ1) is 20.8. The van der Waals surface area contributed by atoms with Crippen LogP contribution in [0.15, 0.2) is 64.4 Å². The van der Waals surface area contributed by atoms with Crippen LogP contribution >= 0.6 is 46.6 Å².